The van der Waals surface area contributed by atoms with Crippen molar-refractivity contribution >= 4 is 21.6 Å². The van der Waals surface area contributed by atoms with E-state index in [0.717, 1.165) is 6.07 Å². The Kier molecular flexibility index (Phi) is 2.62. The fraction of sp³-hybridized carbons (Fsp3) is 0. The van der Waals surface area contributed by atoms with Crippen LogP contribution >= 0.6 is 15.9 Å². The first-order chi connectivity index (χ1) is 5.65. The zero-order valence-corrected chi connectivity index (χ0v) is 7.22. The molecule has 0 saturated heterocycles. The van der Waals surface area contributed by atoms with Crippen LogP contribution in [0.1, 0.15) is 0 Å². The van der Waals surface area contributed by atoms with Gasteiger partial charge in [0.15, 0.2) is 11.6 Å². The minimum atomic E-state index is -1.05. The van der Waals surface area contributed by atoms with Gasteiger partial charge in [-0.1, -0.05) is 5.11 Å². The number of halogens is 3. The maximum absolute atomic E-state index is 12.6. The number of rotatable bonds is 1. The lowest BCUT2D eigenvalue weighted by Crippen LogP contribution is -1.83. The highest BCUT2D eigenvalue weighted by Gasteiger charge is 2.06. The molecule has 1 aromatic rings. The van der Waals surface area contributed by atoms with Crippen molar-refractivity contribution < 1.29 is 8.78 Å². The van der Waals surface area contributed by atoms with Crippen LogP contribution in [0, 0.1) is 11.6 Å². The van der Waals surface area contributed by atoms with Crippen molar-refractivity contribution in [1.82, 2.24) is 0 Å². The fourth-order valence-corrected chi connectivity index (χ4v) is 1.08. The van der Waals surface area contributed by atoms with E-state index in [9.17, 15) is 8.78 Å². The smallest absolute Gasteiger partial charge is 0.172 e. The largest absolute Gasteiger partial charge is 0.204 e. The van der Waals surface area contributed by atoms with Crippen molar-refractivity contribution in [2.24, 2.45) is 5.11 Å². The average molecular weight is 234 g/mol. The monoisotopic (exact) mass is 233 g/mol. The summed E-state index contributed by atoms with van der Waals surface area (Å²) in [5.74, 6) is -2.04. The number of benzene rings is 1. The predicted molar refractivity (Wildman–Crippen MR) is 42.9 cm³/mol. The third kappa shape index (κ3) is 1.72. The molecule has 0 radical (unpaired) electrons. The molecule has 0 bridgehead atoms. The van der Waals surface area contributed by atoms with Crippen molar-refractivity contribution in [3.8, 4) is 0 Å². The molecule has 0 N–H and O–H groups in total. The van der Waals surface area contributed by atoms with Crippen LogP contribution < -0.4 is 0 Å². The van der Waals surface area contributed by atoms with Gasteiger partial charge < -0.3 is 0 Å². The molecule has 0 aliphatic heterocycles. The van der Waals surface area contributed by atoms with Crippen LogP contribution in [0.15, 0.2) is 21.7 Å². The Bertz CT molecular complexity index is 337. The number of hydrogen-bond acceptors (Lipinski definition) is 1. The Balaban J connectivity index is 3.30. The first-order valence-electron chi connectivity index (χ1n) is 2.85. The molecule has 1 rings (SSSR count). The van der Waals surface area contributed by atoms with Crippen molar-refractivity contribution in [1.29, 1.82) is 0 Å². The first kappa shape index (κ1) is 8.96. The van der Waals surface area contributed by atoms with Gasteiger partial charge in [-0.3, -0.25) is 0 Å². The Morgan fingerprint density at radius 2 is 2.08 bits per heavy atom. The van der Waals surface area contributed by atoms with Gasteiger partial charge >= 0.3 is 0 Å². The molecule has 0 spiro atoms. The molecule has 12 heavy (non-hydrogen) atoms. The molecule has 3 nitrogen and oxygen atoms in total. The van der Waals surface area contributed by atoms with Gasteiger partial charge in [0.2, 0.25) is 0 Å². The second-order valence-corrected chi connectivity index (χ2v) is 2.77. The van der Waals surface area contributed by atoms with Crippen molar-refractivity contribution in [2.45, 2.75) is 0 Å². The molecule has 0 unspecified atom stereocenters. The van der Waals surface area contributed by atoms with Gasteiger partial charge in [-0.05, 0) is 33.6 Å². The standard InChI is InChI=1S/C6H2BrF2N3/c7-4-1-3(11-12-10)2-5(8)6(4)9/h1-2H. The van der Waals surface area contributed by atoms with Crippen molar-refractivity contribution in [3.05, 3.63) is 38.7 Å². The third-order valence-corrected chi connectivity index (χ3v) is 1.71. The van der Waals surface area contributed by atoms with Gasteiger partial charge in [0.05, 0.1) is 4.47 Å². The maximum Gasteiger partial charge on any atom is 0.172 e. The van der Waals surface area contributed by atoms with Crippen LogP contribution in [0.4, 0.5) is 14.5 Å². The van der Waals surface area contributed by atoms with E-state index in [1.165, 1.54) is 6.07 Å². The minimum Gasteiger partial charge on any atom is -0.204 e. The molecule has 0 aromatic heterocycles. The fourth-order valence-electron chi connectivity index (χ4n) is 0.652. The van der Waals surface area contributed by atoms with E-state index >= 15 is 0 Å². The zero-order chi connectivity index (χ0) is 9.14. The second kappa shape index (κ2) is 3.51. The quantitative estimate of drug-likeness (QED) is 0.308. The third-order valence-electron chi connectivity index (χ3n) is 1.13. The van der Waals surface area contributed by atoms with E-state index in [1.807, 2.05) is 0 Å². The van der Waals surface area contributed by atoms with Crippen LogP contribution in [0.3, 0.4) is 0 Å². The molecule has 6 heteroatoms. The highest BCUT2D eigenvalue weighted by Crippen LogP contribution is 2.24. The summed E-state index contributed by atoms with van der Waals surface area (Å²) in [5.41, 5.74) is 8.03. The van der Waals surface area contributed by atoms with Crippen LogP contribution in [-0.2, 0) is 0 Å². The molecular weight excluding hydrogens is 232 g/mol. The van der Waals surface area contributed by atoms with Crippen LogP contribution in [-0.4, -0.2) is 0 Å². The molecular formula is C6H2BrF2N3. The summed E-state index contributed by atoms with van der Waals surface area (Å²) in [6.07, 6.45) is 0. The van der Waals surface area contributed by atoms with Crippen LogP contribution in [0.25, 0.3) is 10.4 Å². The second-order valence-electron chi connectivity index (χ2n) is 1.91. The summed E-state index contributed by atoms with van der Waals surface area (Å²) in [6.45, 7) is 0. The van der Waals surface area contributed by atoms with E-state index in [1.54, 1.807) is 0 Å². The maximum atomic E-state index is 12.6. The van der Waals surface area contributed by atoms with Gasteiger partial charge in [0.1, 0.15) is 0 Å². The summed E-state index contributed by atoms with van der Waals surface area (Å²) >= 11 is 2.77. The van der Waals surface area contributed by atoms with Crippen molar-refractivity contribution in [3.63, 3.8) is 0 Å². The molecule has 0 fully saturated rings. The van der Waals surface area contributed by atoms with Gasteiger partial charge in [-0.15, -0.1) is 0 Å². The normalized spacial score (nSPS) is 9.25. The molecule has 0 amide bonds. The van der Waals surface area contributed by atoms with Gasteiger partial charge in [0, 0.05) is 10.6 Å². The molecule has 0 atom stereocenters. The molecule has 0 aliphatic carbocycles. The van der Waals surface area contributed by atoms with E-state index in [2.05, 4.69) is 26.0 Å². The molecule has 62 valence electrons. The summed E-state index contributed by atoms with van der Waals surface area (Å²) in [5, 5.41) is 3.11. The first-order valence-corrected chi connectivity index (χ1v) is 3.64. The summed E-state index contributed by atoms with van der Waals surface area (Å²) < 4.78 is 25.1. The highest BCUT2D eigenvalue weighted by molar-refractivity contribution is 9.10. The summed E-state index contributed by atoms with van der Waals surface area (Å²) in [4.78, 5) is 2.43. The van der Waals surface area contributed by atoms with Crippen LogP contribution in [0.5, 0.6) is 0 Å². The number of hydrogen-bond donors (Lipinski definition) is 0. The minimum absolute atomic E-state index is 0.0308. The molecule has 0 saturated carbocycles. The number of azide groups is 1. The predicted octanol–water partition coefficient (Wildman–Crippen LogP) is 3.67. The Labute approximate surface area is 74.8 Å². The number of nitrogens with zero attached hydrogens (tertiary/aromatic N) is 3. The molecule has 1 aromatic carbocycles. The van der Waals surface area contributed by atoms with E-state index in [-0.39, 0.29) is 10.2 Å². The summed E-state index contributed by atoms with van der Waals surface area (Å²) in [6, 6.07) is 2.01. The Morgan fingerprint density at radius 1 is 1.42 bits per heavy atom. The lowest BCUT2D eigenvalue weighted by molar-refractivity contribution is 0.504. The van der Waals surface area contributed by atoms with Gasteiger partial charge in [-0.2, -0.15) is 0 Å². The summed E-state index contributed by atoms with van der Waals surface area (Å²) in [7, 11) is 0. The Morgan fingerprint density at radius 3 is 2.58 bits per heavy atom. The lowest BCUT2D eigenvalue weighted by atomic mass is 10.3. The average Bonchev–Trinajstić information content (AvgIpc) is 2.01. The SMILES string of the molecule is [N-]=[N+]=Nc1cc(F)c(F)c(Br)c1. The van der Waals surface area contributed by atoms with E-state index in [0.29, 0.717) is 0 Å². The van der Waals surface area contributed by atoms with Gasteiger partial charge in [-0.25, -0.2) is 8.78 Å². The molecule has 0 aliphatic rings. The van der Waals surface area contributed by atoms with E-state index < -0.39 is 11.6 Å². The topological polar surface area (TPSA) is 48.8 Å². The van der Waals surface area contributed by atoms with Crippen LogP contribution in [0.2, 0.25) is 0 Å². The highest BCUT2D eigenvalue weighted by atomic mass is 79.9. The van der Waals surface area contributed by atoms with E-state index in [4.69, 9.17) is 5.53 Å². The Hall–Kier alpha value is -1.13. The lowest BCUT2D eigenvalue weighted by Gasteiger charge is -1.96. The molecule has 0 heterocycles. The van der Waals surface area contributed by atoms with Crippen molar-refractivity contribution in [2.75, 3.05) is 0 Å². The zero-order valence-electron chi connectivity index (χ0n) is 5.63. The van der Waals surface area contributed by atoms with Gasteiger partial charge in [0.25, 0.3) is 0 Å².